The number of nitriles is 1. The zero-order valence-corrected chi connectivity index (χ0v) is 16.7. The molecule has 0 aliphatic heterocycles. The monoisotopic (exact) mass is 402 g/mol. The van der Waals surface area contributed by atoms with Gasteiger partial charge in [-0.2, -0.15) is 5.26 Å². The van der Waals surface area contributed by atoms with Gasteiger partial charge in [0.25, 0.3) is 0 Å². The smallest absolute Gasteiger partial charge is 0.235 e. The standard InChI is InChI=1S/C18H22N6OS2/c19-10-14-13-8-2-1-3-9-15(13)27-17(14)20-16(25)11-26-18-21-22-23-24(18)12-6-4-5-7-12/h12H,1-9,11H2,(H,20,25). The highest BCUT2D eigenvalue weighted by atomic mass is 32.2. The first-order valence-electron chi connectivity index (χ1n) is 9.51. The second-order valence-corrected chi connectivity index (χ2v) is 9.11. The lowest BCUT2D eigenvalue weighted by atomic mass is 10.1. The van der Waals surface area contributed by atoms with E-state index in [0.29, 0.717) is 21.8 Å². The first-order valence-corrected chi connectivity index (χ1v) is 11.3. The molecule has 1 fully saturated rings. The van der Waals surface area contributed by atoms with Crippen LogP contribution in [-0.2, 0) is 17.6 Å². The zero-order valence-electron chi connectivity index (χ0n) is 15.1. The molecule has 2 aromatic rings. The largest absolute Gasteiger partial charge is 0.316 e. The van der Waals surface area contributed by atoms with Crippen LogP contribution < -0.4 is 5.32 Å². The number of hydrogen-bond donors (Lipinski definition) is 1. The number of tetrazole rings is 1. The summed E-state index contributed by atoms with van der Waals surface area (Å²) in [5.41, 5.74) is 1.80. The Morgan fingerprint density at radius 3 is 2.89 bits per heavy atom. The molecule has 0 spiro atoms. The number of amides is 1. The molecule has 142 valence electrons. The van der Waals surface area contributed by atoms with E-state index in [2.05, 4.69) is 26.9 Å². The van der Waals surface area contributed by atoms with E-state index < -0.39 is 0 Å². The number of rotatable bonds is 5. The summed E-state index contributed by atoms with van der Waals surface area (Å²) in [5, 5.41) is 25.9. The summed E-state index contributed by atoms with van der Waals surface area (Å²) in [4.78, 5) is 13.7. The molecule has 7 nitrogen and oxygen atoms in total. The van der Waals surface area contributed by atoms with Gasteiger partial charge < -0.3 is 5.32 Å². The molecule has 9 heteroatoms. The fraction of sp³-hybridized carbons (Fsp3) is 0.611. The molecule has 0 atom stereocenters. The van der Waals surface area contributed by atoms with Gasteiger partial charge >= 0.3 is 0 Å². The fourth-order valence-electron chi connectivity index (χ4n) is 3.90. The number of thioether (sulfide) groups is 1. The van der Waals surface area contributed by atoms with Gasteiger partial charge in [-0.3, -0.25) is 4.79 Å². The number of carbonyl (C=O) groups is 1. The molecule has 4 rings (SSSR count). The minimum atomic E-state index is -0.117. The van der Waals surface area contributed by atoms with Gasteiger partial charge in [0.15, 0.2) is 0 Å². The highest BCUT2D eigenvalue weighted by molar-refractivity contribution is 7.99. The zero-order chi connectivity index (χ0) is 18.6. The number of fused-ring (bicyclic) bond motifs is 1. The van der Waals surface area contributed by atoms with Gasteiger partial charge in [0, 0.05) is 4.88 Å². The van der Waals surface area contributed by atoms with Crippen LogP contribution >= 0.6 is 23.1 Å². The Kier molecular flexibility index (Phi) is 5.74. The van der Waals surface area contributed by atoms with Crippen molar-refractivity contribution in [2.45, 2.75) is 69.0 Å². The minimum absolute atomic E-state index is 0.117. The van der Waals surface area contributed by atoms with Crippen molar-refractivity contribution in [3.63, 3.8) is 0 Å². The van der Waals surface area contributed by atoms with Crippen molar-refractivity contribution in [2.75, 3.05) is 11.1 Å². The predicted octanol–water partition coefficient (Wildman–Crippen LogP) is 3.72. The molecular weight excluding hydrogens is 380 g/mol. The summed E-state index contributed by atoms with van der Waals surface area (Å²) in [7, 11) is 0. The van der Waals surface area contributed by atoms with E-state index >= 15 is 0 Å². The van der Waals surface area contributed by atoms with Crippen LogP contribution in [0.1, 0.15) is 67.0 Å². The SMILES string of the molecule is N#Cc1c(NC(=O)CSc2nnnn2C2CCCC2)sc2c1CCCCC2. The quantitative estimate of drug-likeness (QED) is 0.605. The number of anilines is 1. The van der Waals surface area contributed by atoms with E-state index in [9.17, 15) is 10.1 Å². The molecule has 1 saturated carbocycles. The van der Waals surface area contributed by atoms with Crippen molar-refractivity contribution in [3.05, 3.63) is 16.0 Å². The van der Waals surface area contributed by atoms with Gasteiger partial charge in [0.1, 0.15) is 11.1 Å². The number of nitrogens with zero attached hydrogens (tertiary/aromatic N) is 5. The molecule has 0 bridgehead atoms. The van der Waals surface area contributed by atoms with E-state index in [4.69, 9.17) is 0 Å². The van der Waals surface area contributed by atoms with Gasteiger partial charge in [-0.25, -0.2) is 4.68 Å². The predicted molar refractivity (Wildman–Crippen MR) is 105 cm³/mol. The van der Waals surface area contributed by atoms with E-state index in [-0.39, 0.29) is 11.7 Å². The highest BCUT2D eigenvalue weighted by Gasteiger charge is 2.23. The normalized spacial score (nSPS) is 17.3. The maximum atomic E-state index is 12.5. The van der Waals surface area contributed by atoms with Crippen LogP contribution in [0.5, 0.6) is 0 Å². The van der Waals surface area contributed by atoms with Gasteiger partial charge in [-0.1, -0.05) is 31.0 Å². The van der Waals surface area contributed by atoms with E-state index in [1.54, 1.807) is 11.3 Å². The molecule has 2 aromatic heterocycles. The molecule has 0 saturated heterocycles. The van der Waals surface area contributed by atoms with Gasteiger partial charge in [-0.15, -0.1) is 16.4 Å². The van der Waals surface area contributed by atoms with Crippen LogP contribution in [0.3, 0.4) is 0 Å². The third-order valence-electron chi connectivity index (χ3n) is 5.25. The summed E-state index contributed by atoms with van der Waals surface area (Å²) in [5.74, 6) is 0.120. The molecule has 0 radical (unpaired) electrons. The minimum Gasteiger partial charge on any atom is -0.316 e. The van der Waals surface area contributed by atoms with Crippen LogP contribution in [0.4, 0.5) is 5.00 Å². The summed E-state index contributed by atoms with van der Waals surface area (Å²) in [6.45, 7) is 0. The number of hydrogen-bond acceptors (Lipinski definition) is 7. The van der Waals surface area contributed by atoms with Crippen molar-refractivity contribution in [1.29, 1.82) is 5.26 Å². The van der Waals surface area contributed by atoms with Crippen LogP contribution in [0.2, 0.25) is 0 Å². The Hall–Kier alpha value is -1.92. The van der Waals surface area contributed by atoms with Crippen LogP contribution in [0.15, 0.2) is 5.16 Å². The Labute approximate surface area is 166 Å². The van der Waals surface area contributed by atoms with E-state index in [1.165, 1.54) is 35.9 Å². The van der Waals surface area contributed by atoms with Crippen LogP contribution in [0, 0.1) is 11.3 Å². The molecular formula is C18H22N6OS2. The van der Waals surface area contributed by atoms with Crippen LogP contribution in [0.25, 0.3) is 0 Å². The van der Waals surface area contributed by atoms with Crippen LogP contribution in [-0.4, -0.2) is 31.9 Å². The van der Waals surface area contributed by atoms with E-state index in [1.807, 2.05) is 4.68 Å². The number of thiophene rings is 1. The summed E-state index contributed by atoms with van der Waals surface area (Å²) >= 11 is 2.92. The number of nitrogens with one attached hydrogen (secondary N) is 1. The topological polar surface area (TPSA) is 96.5 Å². The molecule has 2 heterocycles. The molecule has 1 N–H and O–H groups in total. The molecule has 2 aliphatic rings. The average molecular weight is 403 g/mol. The lowest BCUT2D eigenvalue weighted by molar-refractivity contribution is -0.113. The van der Waals surface area contributed by atoms with Crippen molar-refractivity contribution in [1.82, 2.24) is 20.2 Å². The molecule has 0 aromatic carbocycles. The van der Waals surface area contributed by atoms with Crippen molar-refractivity contribution in [3.8, 4) is 6.07 Å². The van der Waals surface area contributed by atoms with Crippen molar-refractivity contribution >= 4 is 34.0 Å². The maximum absolute atomic E-state index is 12.5. The summed E-state index contributed by atoms with van der Waals surface area (Å²) in [6, 6.07) is 2.66. The Balaban J connectivity index is 1.41. The molecule has 1 amide bonds. The third kappa shape index (κ3) is 4.01. The summed E-state index contributed by atoms with van der Waals surface area (Å²) < 4.78 is 1.86. The first-order chi connectivity index (χ1) is 13.3. The Morgan fingerprint density at radius 1 is 1.26 bits per heavy atom. The van der Waals surface area contributed by atoms with Crippen molar-refractivity contribution in [2.24, 2.45) is 0 Å². The third-order valence-corrected chi connectivity index (χ3v) is 7.39. The second-order valence-electron chi connectivity index (χ2n) is 7.06. The van der Waals surface area contributed by atoms with Crippen molar-refractivity contribution < 1.29 is 4.79 Å². The fourth-order valence-corrected chi connectivity index (χ4v) is 5.90. The lowest BCUT2D eigenvalue weighted by Gasteiger charge is -2.10. The highest BCUT2D eigenvalue weighted by Crippen LogP contribution is 2.37. The second kappa shape index (κ2) is 8.40. The number of aryl methyl sites for hydroxylation is 1. The molecule has 0 unspecified atom stereocenters. The van der Waals surface area contributed by atoms with E-state index in [0.717, 1.165) is 44.1 Å². The summed E-state index contributed by atoms with van der Waals surface area (Å²) in [6.07, 6.45) is 10.0. The Morgan fingerprint density at radius 2 is 2.07 bits per heavy atom. The lowest BCUT2D eigenvalue weighted by Crippen LogP contribution is -2.15. The average Bonchev–Trinajstić information content (AvgIpc) is 3.37. The first kappa shape index (κ1) is 18.4. The van der Waals surface area contributed by atoms with Gasteiger partial charge in [0.05, 0.1) is 17.4 Å². The number of carbonyl (C=O) groups excluding carboxylic acids is 1. The molecule has 2 aliphatic carbocycles. The number of aromatic nitrogens is 4. The van der Waals surface area contributed by atoms with Gasteiger partial charge in [0.2, 0.25) is 11.1 Å². The maximum Gasteiger partial charge on any atom is 0.235 e. The Bertz CT molecular complexity index is 862. The van der Waals surface area contributed by atoms with Gasteiger partial charge in [-0.05, 0) is 54.5 Å². The molecule has 27 heavy (non-hydrogen) atoms.